The highest BCUT2D eigenvalue weighted by molar-refractivity contribution is 5.95. The van der Waals surface area contributed by atoms with Crippen molar-refractivity contribution in [3.05, 3.63) is 77.5 Å². The number of likely N-dealkylation sites (tertiary alicyclic amines) is 1. The normalized spacial score (nSPS) is 20.5. The maximum atomic E-state index is 12.6. The largest absolute Gasteiger partial charge is 0.457 e. The molecule has 1 saturated heterocycles. The van der Waals surface area contributed by atoms with Crippen LogP contribution in [0.4, 0.5) is 5.69 Å². The van der Waals surface area contributed by atoms with Crippen molar-refractivity contribution >= 4 is 23.3 Å². The van der Waals surface area contributed by atoms with Crippen LogP contribution in [0, 0.1) is 5.92 Å². The third-order valence-corrected chi connectivity index (χ3v) is 6.36. The van der Waals surface area contributed by atoms with Crippen LogP contribution in [-0.2, 0) is 31.1 Å². The Labute approximate surface area is 188 Å². The number of nitrogens with zero attached hydrogens (tertiary/aromatic N) is 2. The van der Waals surface area contributed by atoms with Gasteiger partial charge in [-0.25, -0.2) is 0 Å². The number of ether oxygens (including phenoxy) is 1. The van der Waals surface area contributed by atoms with Crippen LogP contribution in [0.1, 0.15) is 31.4 Å². The van der Waals surface area contributed by atoms with Crippen LogP contribution in [0.3, 0.4) is 0 Å². The van der Waals surface area contributed by atoms with Crippen LogP contribution in [0.5, 0.6) is 0 Å². The molecule has 2 aliphatic heterocycles. The Kier molecular flexibility index (Phi) is 5.87. The molecular weight excluding hydrogens is 404 g/mol. The molecule has 0 spiro atoms. The van der Waals surface area contributed by atoms with E-state index in [0.717, 1.165) is 22.5 Å². The van der Waals surface area contributed by atoms with Gasteiger partial charge in [-0.15, -0.1) is 0 Å². The molecule has 0 aliphatic carbocycles. The van der Waals surface area contributed by atoms with Gasteiger partial charge in [-0.3, -0.25) is 14.4 Å². The Morgan fingerprint density at radius 3 is 2.50 bits per heavy atom. The molecule has 0 aromatic heterocycles. The molecule has 6 heteroatoms. The van der Waals surface area contributed by atoms with E-state index in [1.54, 1.807) is 11.0 Å². The summed E-state index contributed by atoms with van der Waals surface area (Å²) in [6, 6.07) is 17.7. The summed E-state index contributed by atoms with van der Waals surface area (Å²) >= 11 is 0. The standard InChI is InChI=1S/C26H28N2O4/c1-26(2)21-11-7-8-12-22(21)27(3)23(26)14-20(29)17-32-25(31)19-13-24(30)28(16-19)15-18-9-5-4-6-10-18/h4-12,14,19H,13,15-17H2,1-3H3. The molecule has 2 heterocycles. The summed E-state index contributed by atoms with van der Waals surface area (Å²) in [5.41, 5.74) is 3.78. The summed E-state index contributed by atoms with van der Waals surface area (Å²) in [6.45, 7) is 4.60. The topological polar surface area (TPSA) is 66.9 Å². The van der Waals surface area contributed by atoms with Gasteiger partial charge in [0.15, 0.2) is 12.4 Å². The molecule has 0 N–H and O–H groups in total. The van der Waals surface area contributed by atoms with Crippen molar-refractivity contribution in [2.45, 2.75) is 32.2 Å². The molecule has 0 radical (unpaired) electrons. The number of benzene rings is 2. The van der Waals surface area contributed by atoms with E-state index in [2.05, 4.69) is 19.9 Å². The number of esters is 1. The van der Waals surface area contributed by atoms with Crippen LogP contribution in [0.15, 0.2) is 66.4 Å². The molecule has 1 unspecified atom stereocenters. The van der Waals surface area contributed by atoms with E-state index < -0.39 is 11.9 Å². The number of allylic oxidation sites excluding steroid dienone is 1. The smallest absolute Gasteiger partial charge is 0.311 e. The second kappa shape index (κ2) is 8.61. The zero-order valence-electron chi connectivity index (χ0n) is 18.7. The van der Waals surface area contributed by atoms with Gasteiger partial charge in [-0.1, -0.05) is 62.4 Å². The quantitative estimate of drug-likeness (QED) is 0.517. The summed E-state index contributed by atoms with van der Waals surface area (Å²) in [7, 11) is 1.93. The molecule has 2 aromatic carbocycles. The number of carbonyl (C=O) groups is 3. The maximum absolute atomic E-state index is 12.6. The van der Waals surface area contributed by atoms with E-state index in [0.29, 0.717) is 13.1 Å². The average molecular weight is 433 g/mol. The predicted molar refractivity (Wildman–Crippen MR) is 122 cm³/mol. The number of anilines is 1. The zero-order valence-corrected chi connectivity index (χ0v) is 18.7. The number of likely N-dealkylation sites (N-methyl/N-ethyl adjacent to an activating group) is 1. The molecule has 2 aromatic rings. The first-order chi connectivity index (χ1) is 15.3. The predicted octanol–water partition coefficient (Wildman–Crippen LogP) is 3.46. The number of rotatable bonds is 6. The first-order valence-corrected chi connectivity index (χ1v) is 10.8. The highest BCUT2D eigenvalue weighted by atomic mass is 16.5. The molecule has 2 aliphatic rings. The summed E-state index contributed by atoms with van der Waals surface area (Å²) in [4.78, 5) is 41.1. The molecular formula is C26H28N2O4. The summed E-state index contributed by atoms with van der Waals surface area (Å²) in [6.07, 6.45) is 1.68. The van der Waals surface area contributed by atoms with Crippen molar-refractivity contribution < 1.29 is 19.1 Å². The van der Waals surface area contributed by atoms with Gasteiger partial charge < -0.3 is 14.5 Å². The van der Waals surface area contributed by atoms with Gasteiger partial charge in [0.1, 0.15) is 0 Å². The van der Waals surface area contributed by atoms with Crippen molar-refractivity contribution in [2.75, 3.05) is 25.1 Å². The van der Waals surface area contributed by atoms with E-state index >= 15 is 0 Å². The van der Waals surface area contributed by atoms with Crippen molar-refractivity contribution in [3.63, 3.8) is 0 Å². The molecule has 1 amide bonds. The number of ketones is 1. The van der Waals surface area contributed by atoms with Crippen molar-refractivity contribution in [1.82, 2.24) is 4.90 Å². The minimum Gasteiger partial charge on any atom is -0.457 e. The fraction of sp³-hybridized carbons (Fsp3) is 0.346. The highest BCUT2D eigenvalue weighted by Crippen LogP contribution is 2.46. The van der Waals surface area contributed by atoms with Gasteiger partial charge in [0.2, 0.25) is 5.91 Å². The number of para-hydroxylation sites is 1. The molecule has 0 saturated carbocycles. The molecule has 1 atom stereocenters. The first kappa shape index (κ1) is 21.8. The SMILES string of the molecule is CN1C(=CC(=O)COC(=O)C2CC(=O)N(Cc3ccccc3)C2)C(C)(C)c2ccccc21. The number of amides is 1. The molecule has 0 bridgehead atoms. The van der Waals surface area contributed by atoms with Crippen LogP contribution in [0.2, 0.25) is 0 Å². The summed E-state index contributed by atoms with van der Waals surface area (Å²) in [5.74, 6) is -1.38. The lowest BCUT2D eigenvalue weighted by molar-refractivity contribution is -0.151. The lowest BCUT2D eigenvalue weighted by atomic mass is 9.83. The molecule has 1 fully saturated rings. The zero-order chi connectivity index (χ0) is 22.9. The minimum atomic E-state index is -0.540. The highest BCUT2D eigenvalue weighted by Gasteiger charge is 2.39. The Morgan fingerprint density at radius 2 is 1.78 bits per heavy atom. The second-order valence-electron chi connectivity index (χ2n) is 8.97. The van der Waals surface area contributed by atoms with Gasteiger partial charge >= 0.3 is 5.97 Å². The lowest BCUT2D eigenvalue weighted by Crippen LogP contribution is -2.27. The first-order valence-electron chi connectivity index (χ1n) is 10.8. The lowest BCUT2D eigenvalue weighted by Gasteiger charge is -2.24. The van der Waals surface area contributed by atoms with E-state index in [-0.39, 0.29) is 30.1 Å². The molecule has 4 rings (SSSR count). The van der Waals surface area contributed by atoms with Gasteiger partial charge in [-0.05, 0) is 17.2 Å². The molecule has 32 heavy (non-hydrogen) atoms. The Bertz CT molecular complexity index is 1070. The third-order valence-electron chi connectivity index (χ3n) is 6.36. The van der Waals surface area contributed by atoms with Crippen molar-refractivity contribution in [3.8, 4) is 0 Å². The Balaban J connectivity index is 1.35. The van der Waals surface area contributed by atoms with E-state index in [1.807, 2.05) is 60.5 Å². The fourth-order valence-corrected chi connectivity index (χ4v) is 4.60. The van der Waals surface area contributed by atoms with Crippen LogP contribution in [-0.4, -0.2) is 42.8 Å². The Morgan fingerprint density at radius 1 is 1.09 bits per heavy atom. The number of hydrogen-bond acceptors (Lipinski definition) is 5. The van der Waals surface area contributed by atoms with Gasteiger partial charge in [0.25, 0.3) is 0 Å². The van der Waals surface area contributed by atoms with Crippen molar-refractivity contribution in [1.29, 1.82) is 0 Å². The maximum Gasteiger partial charge on any atom is 0.311 e. The van der Waals surface area contributed by atoms with E-state index in [1.165, 1.54) is 0 Å². The number of fused-ring (bicyclic) bond motifs is 1. The number of carbonyl (C=O) groups excluding carboxylic acids is 3. The monoisotopic (exact) mass is 432 g/mol. The Hall–Kier alpha value is -3.41. The summed E-state index contributed by atoms with van der Waals surface area (Å²) < 4.78 is 5.29. The fourth-order valence-electron chi connectivity index (χ4n) is 4.60. The van der Waals surface area contributed by atoms with Crippen molar-refractivity contribution in [2.24, 2.45) is 5.92 Å². The van der Waals surface area contributed by atoms with Crippen LogP contribution >= 0.6 is 0 Å². The van der Waals surface area contributed by atoms with Crippen LogP contribution in [0.25, 0.3) is 0 Å². The van der Waals surface area contributed by atoms with E-state index in [4.69, 9.17) is 4.74 Å². The van der Waals surface area contributed by atoms with Crippen LogP contribution < -0.4 is 4.90 Å². The van der Waals surface area contributed by atoms with Gasteiger partial charge in [-0.2, -0.15) is 0 Å². The summed E-state index contributed by atoms with van der Waals surface area (Å²) in [5, 5.41) is 0. The minimum absolute atomic E-state index is 0.0728. The third kappa shape index (κ3) is 4.17. The second-order valence-corrected chi connectivity index (χ2v) is 8.97. The van der Waals surface area contributed by atoms with E-state index in [9.17, 15) is 14.4 Å². The van der Waals surface area contributed by atoms with Gasteiger partial charge in [0, 0.05) is 49.4 Å². The molecule has 166 valence electrons. The molecule has 6 nitrogen and oxygen atoms in total. The average Bonchev–Trinajstić information content (AvgIpc) is 3.24. The van der Waals surface area contributed by atoms with Gasteiger partial charge in [0.05, 0.1) is 5.92 Å². The number of hydrogen-bond donors (Lipinski definition) is 0.